The number of carbonyl (C=O) groups is 2. The fourth-order valence-electron chi connectivity index (χ4n) is 4.45. The number of rotatable bonds is 5. The number of anilines is 1. The summed E-state index contributed by atoms with van der Waals surface area (Å²) in [7, 11) is 0. The van der Waals surface area contributed by atoms with E-state index in [0.29, 0.717) is 10.8 Å². The number of para-hydroxylation sites is 1. The Morgan fingerprint density at radius 2 is 2.00 bits per heavy atom. The number of amides is 2. The summed E-state index contributed by atoms with van der Waals surface area (Å²) >= 11 is 0.944. The molecule has 1 aliphatic carbocycles. The molecule has 1 aromatic carbocycles. The second-order valence-corrected chi connectivity index (χ2v) is 9.22. The Hall–Kier alpha value is -1.99. The normalized spacial score (nSPS) is 24.8. The molecule has 3 N–H and O–H groups in total. The molecule has 3 fully saturated rings. The van der Waals surface area contributed by atoms with Gasteiger partial charge in [0.2, 0.25) is 0 Å². The van der Waals surface area contributed by atoms with E-state index in [0.717, 1.165) is 61.3 Å². The van der Waals surface area contributed by atoms with Gasteiger partial charge in [0.15, 0.2) is 0 Å². The number of imide groups is 1. The fraction of sp³-hybridized carbons (Fsp3) is 0.545. The Morgan fingerprint density at radius 1 is 1.17 bits per heavy atom. The highest BCUT2D eigenvalue weighted by Gasteiger charge is 2.27. The highest BCUT2D eigenvalue weighted by molar-refractivity contribution is 8.18. The van der Waals surface area contributed by atoms with E-state index in [9.17, 15) is 9.59 Å². The lowest BCUT2D eigenvalue weighted by atomic mass is 9.90. The van der Waals surface area contributed by atoms with Crippen LogP contribution in [0.15, 0.2) is 23.1 Å². The number of hydrogen-bond donors (Lipinski definition) is 2. The Labute approximate surface area is 176 Å². The lowest BCUT2D eigenvalue weighted by Gasteiger charge is -2.35. The van der Waals surface area contributed by atoms with Crippen LogP contribution in [0, 0.1) is 5.92 Å². The third-order valence-corrected chi connectivity index (χ3v) is 6.74. The zero-order valence-electron chi connectivity index (χ0n) is 16.7. The van der Waals surface area contributed by atoms with Crippen LogP contribution in [-0.2, 0) is 4.79 Å². The van der Waals surface area contributed by atoms with Gasteiger partial charge in [0, 0.05) is 24.7 Å². The van der Waals surface area contributed by atoms with Crippen molar-refractivity contribution >= 4 is 34.7 Å². The molecule has 0 aromatic heterocycles. The van der Waals surface area contributed by atoms with Crippen LogP contribution in [-0.4, -0.2) is 36.9 Å². The van der Waals surface area contributed by atoms with Gasteiger partial charge < -0.3 is 15.4 Å². The molecule has 2 aliphatic heterocycles. The van der Waals surface area contributed by atoms with E-state index >= 15 is 0 Å². The zero-order chi connectivity index (χ0) is 20.2. The van der Waals surface area contributed by atoms with Gasteiger partial charge in [0.1, 0.15) is 5.75 Å². The molecule has 1 atom stereocenters. The lowest BCUT2D eigenvalue weighted by Crippen LogP contribution is -2.43. The number of piperidine rings is 1. The molecule has 6 nitrogen and oxygen atoms in total. The van der Waals surface area contributed by atoms with E-state index in [1.807, 2.05) is 18.2 Å². The van der Waals surface area contributed by atoms with Gasteiger partial charge in [0.25, 0.3) is 11.1 Å². The molecule has 0 bridgehead atoms. The van der Waals surface area contributed by atoms with Crippen molar-refractivity contribution < 1.29 is 14.3 Å². The molecule has 1 aromatic rings. The zero-order valence-corrected chi connectivity index (χ0v) is 17.5. The van der Waals surface area contributed by atoms with Crippen LogP contribution in [0.3, 0.4) is 0 Å². The van der Waals surface area contributed by atoms with Crippen molar-refractivity contribution in [3.05, 3.63) is 28.7 Å². The van der Waals surface area contributed by atoms with E-state index in [-0.39, 0.29) is 17.2 Å². The summed E-state index contributed by atoms with van der Waals surface area (Å²) in [5, 5.41) is 2.00. The predicted octanol–water partition coefficient (Wildman–Crippen LogP) is 3.90. The van der Waals surface area contributed by atoms with E-state index in [4.69, 9.17) is 10.5 Å². The number of thioether (sulfide) groups is 1. The topological polar surface area (TPSA) is 84.7 Å². The highest BCUT2D eigenvalue weighted by atomic mass is 32.2. The van der Waals surface area contributed by atoms with Crippen LogP contribution < -0.4 is 20.7 Å². The Morgan fingerprint density at radius 3 is 2.72 bits per heavy atom. The van der Waals surface area contributed by atoms with E-state index in [1.54, 1.807) is 6.08 Å². The average Bonchev–Trinajstić information content (AvgIpc) is 3.04. The van der Waals surface area contributed by atoms with Crippen molar-refractivity contribution in [2.45, 2.75) is 51.0 Å². The molecule has 156 valence electrons. The van der Waals surface area contributed by atoms with Crippen LogP contribution in [0.5, 0.6) is 5.75 Å². The molecule has 3 aliphatic rings. The fourth-order valence-corrected chi connectivity index (χ4v) is 5.12. The number of benzene rings is 1. The second kappa shape index (κ2) is 9.22. The Kier molecular flexibility index (Phi) is 6.45. The third-order valence-electron chi connectivity index (χ3n) is 5.93. The molecule has 4 rings (SSSR count). The monoisotopic (exact) mass is 415 g/mol. The lowest BCUT2D eigenvalue weighted by molar-refractivity contribution is -0.115. The molecule has 2 saturated heterocycles. The Balaban J connectivity index is 1.63. The van der Waals surface area contributed by atoms with Crippen LogP contribution >= 0.6 is 11.8 Å². The average molecular weight is 416 g/mol. The maximum atomic E-state index is 12.1. The molecule has 1 saturated carbocycles. The van der Waals surface area contributed by atoms with E-state index < -0.39 is 0 Å². The molecular formula is C22H29N3O3S. The van der Waals surface area contributed by atoms with Gasteiger partial charge in [-0.3, -0.25) is 14.9 Å². The summed E-state index contributed by atoms with van der Waals surface area (Å²) < 4.78 is 6.33. The summed E-state index contributed by atoms with van der Waals surface area (Å²) in [6, 6.07) is 6.07. The molecule has 29 heavy (non-hydrogen) atoms. The smallest absolute Gasteiger partial charge is 0.290 e. The summed E-state index contributed by atoms with van der Waals surface area (Å²) in [4.78, 5) is 26.3. The number of hydrogen-bond acceptors (Lipinski definition) is 6. The summed E-state index contributed by atoms with van der Waals surface area (Å²) in [5.41, 5.74) is 8.13. The first kappa shape index (κ1) is 20.3. The van der Waals surface area contributed by atoms with Gasteiger partial charge in [-0.05, 0) is 55.5 Å². The molecule has 2 heterocycles. The molecule has 0 spiro atoms. The van der Waals surface area contributed by atoms with Crippen molar-refractivity contribution in [1.82, 2.24) is 5.32 Å². The minimum atomic E-state index is -0.338. The van der Waals surface area contributed by atoms with E-state index in [1.165, 1.54) is 32.1 Å². The summed E-state index contributed by atoms with van der Waals surface area (Å²) in [6.07, 6.45) is 10.2. The van der Waals surface area contributed by atoms with Gasteiger partial charge in [-0.1, -0.05) is 31.4 Å². The Bertz CT molecular complexity index is 804. The predicted molar refractivity (Wildman–Crippen MR) is 117 cm³/mol. The summed E-state index contributed by atoms with van der Waals surface area (Å²) in [5.74, 6) is 1.11. The first-order chi connectivity index (χ1) is 14.1. The molecule has 1 unspecified atom stereocenters. The van der Waals surface area contributed by atoms with E-state index in [2.05, 4.69) is 10.2 Å². The maximum absolute atomic E-state index is 12.1. The van der Waals surface area contributed by atoms with Gasteiger partial charge in [-0.15, -0.1) is 0 Å². The molecular weight excluding hydrogens is 386 g/mol. The first-order valence-corrected chi connectivity index (χ1v) is 11.4. The summed E-state index contributed by atoms with van der Waals surface area (Å²) in [6.45, 7) is 2.39. The van der Waals surface area contributed by atoms with Crippen LogP contribution in [0.4, 0.5) is 10.5 Å². The highest BCUT2D eigenvalue weighted by Crippen LogP contribution is 2.38. The first-order valence-electron chi connectivity index (χ1n) is 10.6. The third kappa shape index (κ3) is 4.95. The van der Waals surface area contributed by atoms with Gasteiger partial charge in [-0.25, -0.2) is 0 Å². The number of carbonyl (C=O) groups excluding carboxylic acids is 2. The number of nitrogens with one attached hydrogen (secondary N) is 1. The van der Waals surface area contributed by atoms with Crippen molar-refractivity contribution in [2.75, 3.05) is 24.6 Å². The maximum Gasteiger partial charge on any atom is 0.290 e. The molecule has 7 heteroatoms. The molecule has 0 radical (unpaired) electrons. The van der Waals surface area contributed by atoms with Gasteiger partial charge in [0.05, 0.1) is 17.2 Å². The van der Waals surface area contributed by atoms with Crippen LogP contribution in [0.25, 0.3) is 6.08 Å². The van der Waals surface area contributed by atoms with Crippen molar-refractivity contribution in [3.8, 4) is 5.75 Å². The van der Waals surface area contributed by atoms with Crippen LogP contribution in [0.2, 0.25) is 0 Å². The standard InChI is InChI=1S/C22H29N3O3S/c23-17-9-5-11-25(13-17)20-16(12-19-21(26)24-22(27)29-19)8-4-10-18(20)28-14-15-6-2-1-3-7-15/h4,8,10,12,15,17H,1-3,5-7,9,11,13-14,23H2,(H,24,26,27)/b19-12+. The minimum Gasteiger partial charge on any atom is -0.491 e. The number of nitrogens with two attached hydrogens (primary N) is 1. The largest absolute Gasteiger partial charge is 0.491 e. The number of ether oxygens (including phenoxy) is 1. The number of nitrogens with zero attached hydrogens (tertiary/aromatic N) is 1. The quantitative estimate of drug-likeness (QED) is 0.710. The van der Waals surface area contributed by atoms with Crippen molar-refractivity contribution in [1.29, 1.82) is 0 Å². The second-order valence-electron chi connectivity index (χ2n) is 8.21. The SMILES string of the molecule is NC1CCCN(c2c(/C=C3/SC(=O)NC3=O)cccc2OCC2CCCCC2)C1. The van der Waals surface area contributed by atoms with Crippen molar-refractivity contribution in [3.63, 3.8) is 0 Å². The molecule has 2 amide bonds. The van der Waals surface area contributed by atoms with Gasteiger partial charge in [-0.2, -0.15) is 0 Å². The minimum absolute atomic E-state index is 0.126. The van der Waals surface area contributed by atoms with Crippen molar-refractivity contribution in [2.24, 2.45) is 11.7 Å². The van der Waals surface area contributed by atoms with Gasteiger partial charge >= 0.3 is 0 Å². The van der Waals surface area contributed by atoms with Crippen LogP contribution in [0.1, 0.15) is 50.5 Å².